The number of hydrogen-bond donors (Lipinski definition) is 0. The van der Waals surface area contributed by atoms with Gasteiger partial charge in [0.25, 0.3) is 0 Å². The second kappa shape index (κ2) is 11.8. The highest BCUT2D eigenvalue weighted by Crippen LogP contribution is 2.37. The van der Waals surface area contributed by atoms with Gasteiger partial charge >= 0.3 is 0 Å². The number of nitriles is 2. The predicted octanol–water partition coefficient (Wildman–Crippen LogP) is 11.7. The summed E-state index contributed by atoms with van der Waals surface area (Å²) in [5, 5.41) is 25.9. The highest BCUT2D eigenvalue weighted by Gasteiger charge is 2.17. The molecule has 5 nitrogen and oxygen atoms in total. The van der Waals surface area contributed by atoms with Crippen LogP contribution in [-0.4, -0.2) is 9.13 Å². The third-order valence-electron chi connectivity index (χ3n) is 10.5. The fraction of sp³-hybridized carbons (Fsp3) is 0.0638. The minimum Gasteiger partial charge on any atom is -0.456 e. The van der Waals surface area contributed by atoms with E-state index < -0.39 is 0 Å². The molecule has 0 fully saturated rings. The molecule has 7 aromatic carbocycles. The lowest BCUT2D eigenvalue weighted by atomic mass is 9.99. The van der Waals surface area contributed by atoms with Gasteiger partial charge in [-0.25, -0.2) is 0 Å². The van der Waals surface area contributed by atoms with Crippen molar-refractivity contribution in [2.75, 3.05) is 0 Å². The maximum absolute atomic E-state index is 9.77. The molecule has 10 aromatic rings. The number of aromatic nitrogens is 2. The Morgan fingerprint density at radius 3 is 1.71 bits per heavy atom. The molecule has 0 aliphatic carbocycles. The smallest absolute Gasteiger partial charge is 0.138 e. The topological polar surface area (TPSA) is 70.6 Å². The molecule has 3 heterocycles. The van der Waals surface area contributed by atoms with Crippen LogP contribution in [0.25, 0.3) is 76.9 Å². The summed E-state index contributed by atoms with van der Waals surface area (Å²) in [5.74, 6) is 0. The summed E-state index contributed by atoms with van der Waals surface area (Å²) in [4.78, 5) is 0. The first-order valence-corrected chi connectivity index (χ1v) is 17.6. The first-order valence-electron chi connectivity index (χ1n) is 17.6. The highest BCUT2D eigenvalue weighted by molar-refractivity contribution is 6.12. The minimum absolute atomic E-state index is 0.576. The van der Waals surface area contributed by atoms with Crippen LogP contribution in [0.2, 0.25) is 0 Å². The van der Waals surface area contributed by atoms with Crippen LogP contribution in [0, 0.1) is 22.7 Å². The first kappa shape index (κ1) is 29.8. The normalized spacial score (nSPS) is 11.7. The Balaban J connectivity index is 0.972. The van der Waals surface area contributed by atoms with Crippen molar-refractivity contribution >= 4 is 65.6 Å². The Morgan fingerprint density at radius 1 is 0.462 bits per heavy atom. The number of rotatable bonds is 6. The molecule has 0 radical (unpaired) electrons. The summed E-state index contributed by atoms with van der Waals surface area (Å²) in [5.41, 5.74) is 12.0. The number of fused-ring (bicyclic) bond motifs is 9. The molecule has 244 valence electrons. The second-order valence-electron chi connectivity index (χ2n) is 13.5. The fourth-order valence-electron chi connectivity index (χ4n) is 8.14. The zero-order chi connectivity index (χ0) is 34.8. The summed E-state index contributed by atoms with van der Waals surface area (Å²) >= 11 is 0. The number of furan rings is 1. The number of benzene rings is 7. The Kier molecular flexibility index (Phi) is 6.74. The molecule has 0 aliphatic rings. The van der Waals surface area contributed by atoms with Crippen molar-refractivity contribution in [1.29, 1.82) is 10.5 Å². The third kappa shape index (κ3) is 4.61. The van der Waals surface area contributed by atoms with Crippen molar-refractivity contribution in [3.63, 3.8) is 0 Å². The number of nitrogens with zero attached hydrogens (tertiary/aromatic N) is 4. The zero-order valence-electron chi connectivity index (χ0n) is 28.2. The van der Waals surface area contributed by atoms with Gasteiger partial charge in [-0.15, -0.1) is 0 Å². The second-order valence-corrected chi connectivity index (χ2v) is 13.5. The van der Waals surface area contributed by atoms with Crippen LogP contribution in [0.5, 0.6) is 0 Å². The molecule has 0 saturated carbocycles. The molecule has 0 N–H and O–H groups in total. The van der Waals surface area contributed by atoms with Crippen LogP contribution in [0.3, 0.4) is 0 Å². The van der Waals surface area contributed by atoms with E-state index >= 15 is 0 Å². The van der Waals surface area contributed by atoms with E-state index in [1.165, 1.54) is 49.2 Å². The fourth-order valence-corrected chi connectivity index (χ4v) is 8.14. The molecule has 0 bridgehead atoms. The predicted molar refractivity (Wildman–Crippen MR) is 210 cm³/mol. The monoisotopic (exact) mass is 666 g/mol. The molecule has 0 unspecified atom stereocenters. The summed E-state index contributed by atoms with van der Waals surface area (Å²) in [6.07, 6.45) is 2.58. The molecular weight excluding hydrogens is 637 g/mol. The first-order chi connectivity index (χ1) is 25.7. The van der Waals surface area contributed by atoms with Crippen LogP contribution < -0.4 is 0 Å². The van der Waals surface area contributed by atoms with Crippen molar-refractivity contribution in [1.82, 2.24) is 9.13 Å². The van der Waals surface area contributed by atoms with Gasteiger partial charge in [0.1, 0.15) is 11.2 Å². The van der Waals surface area contributed by atoms with Crippen molar-refractivity contribution in [2.24, 2.45) is 0 Å². The van der Waals surface area contributed by atoms with Gasteiger partial charge in [-0.05, 0) is 109 Å². The van der Waals surface area contributed by atoms with Crippen LogP contribution in [-0.2, 0) is 12.8 Å². The maximum atomic E-state index is 9.77. The average molecular weight is 667 g/mol. The lowest BCUT2D eigenvalue weighted by Gasteiger charge is -2.11. The van der Waals surface area contributed by atoms with Crippen LogP contribution in [0.15, 0.2) is 150 Å². The molecule has 0 amide bonds. The van der Waals surface area contributed by atoms with E-state index in [2.05, 4.69) is 137 Å². The van der Waals surface area contributed by atoms with E-state index in [4.69, 9.17) is 4.42 Å². The Morgan fingerprint density at radius 2 is 1.04 bits per heavy atom. The molecule has 3 aromatic heterocycles. The van der Waals surface area contributed by atoms with E-state index in [9.17, 15) is 10.5 Å². The Bertz CT molecular complexity index is 3070. The van der Waals surface area contributed by atoms with Gasteiger partial charge < -0.3 is 13.6 Å². The van der Waals surface area contributed by atoms with Crippen molar-refractivity contribution in [3.8, 4) is 23.5 Å². The molecule has 10 rings (SSSR count). The summed E-state index contributed by atoms with van der Waals surface area (Å²) in [7, 11) is 0. The van der Waals surface area contributed by atoms with Crippen molar-refractivity contribution < 1.29 is 4.42 Å². The van der Waals surface area contributed by atoms with E-state index in [-0.39, 0.29) is 0 Å². The summed E-state index contributed by atoms with van der Waals surface area (Å²) in [6, 6.07) is 55.5. The zero-order valence-corrected chi connectivity index (χ0v) is 28.2. The molecule has 0 atom stereocenters. The van der Waals surface area contributed by atoms with E-state index in [1.54, 1.807) is 6.07 Å². The molecule has 0 saturated heterocycles. The van der Waals surface area contributed by atoms with Gasteiger partial charge in [0.05, 0.1) is 45.3 Å². The Hall–Kier alpha value is -7.08. The van der Waals surface area contributed by atoms with E-state index in [1.807, 2.05) is 24.3 Å². The minimum atomic E-state index is 0.576. The average Bonchev–Trinajstić information content (AvgIpc) is 3.85. The number of para-hydroxylation sites is 3. The lowest BCUT2D eigenvalue weighted by Crippen LogP contribution is -1.97. The largest absolute Gasteiger partial charge is 0.456 e. The highest BCUT2D eigenvalue weighted by atomic mass is 16.3. The van der Waals surface area contributed by atoms with Crippen molar-refractivity contribution in [3.05, 3.63) is 168 Å². The standard InChI is InChI=1S/C47H30N4O/c48-28-31-18-23-46-40(25-31)41-26-32(29-49)24-33(47(41)52-46)9-7-8-30-16-19-34(20-17-30)50-44-15-6-3-12-38(44)39-27-35(21-22-45(39)50)51-42-13-4-1-10-36(42)37-11-2-5-14-43(37)51/h1-6,10-27H,7-9H2. The van der Waals surface area contributed by atoms with Gasteiger partial charge in [0.15, 0.2) is 0 Å². The van der Waals surface area contributed by atoms with Crippen LogP contribution in [0.1, 0.15) is 28.7 Å². The maximum Gasteiger partial charge on any atom is 0.138 e. The van der Waals surface area contributed by atoms with Crippen LogP contribution >= 0.6 is 0 Å². The van der Waals surface area contributed by atoms with Gasteiger partial charge in [-0.1, -0.05) is 66.7 Å². The molecule has 52 heavy (non-hydrogen) atoms. The van der Waals surface area contributed by atoms with E-state index in [0.717, 1.165) is 58.1 Å². The molecular formula is C47H30N4O. The molecule has 0 spiro atoms. The van der Waals surface area contributed by atoms with Crippen LogP contribution in [0.4, 0.5) is 0 Å². The van der Waals surface area contributed by atoms with E-state index in [0.29, 0.717) is 11.1 Å². The number of hydrogen-bond acceptors (Lipinski definition) is 3. The summed E-state index contributed by atoms with van der Waals surface area (Å²) < 4.78 is 11.0. The van der Waals surface area contributed by atoms with Gasteiger partial charge in [-0.3, -0.25) is 0 Å². The van der Waals surface area contributed by atoms with Gasteiger partial charge in [0, 0.05) is 43.7 Å². The van der Waals surface area contributed by atoms with Gasteiger partial charge in [0.2, 0.25) is 0 Å². The van der Waals surface area contributed by atoms with Gasteiger partial charge in [-0.2, -0.15) is 10.5 Å². The number of aryl methyl sites for hydroxylation is 2. The lowest BCUT2D eigenvalue weighted by molar-refractivity contribution is 0.659. The van der Waals surface area contributed by atoms with Crippen molar-refractivity contribution in [2.45, 2.75) is 19.3 Å². The summed E-state index contributed by atoms with van der Waals surface area (Å²) in [6.45, 7) is 0. The SMILES string of the molecule is N#Cc1ccc2oc3c(CCCc4ccc(-n5c6ccccc6c6cc(-n7c8ccccc8c8ccccc87)ccc65)cc4)cc(C#N)cc3c2c1. The third-order valence-corrected chi connectivity index (χ3v) is 10.5. The molecule has 0 aliphatic heterocycles. The molecule has 5 heteroatoms. The Labute approximate surface area is 299 Å². The quantitative estimate of drug-likeness (QED) is 0.177.